The molecule has 0 spiro atoms. The van der Waals surface area contributed by atoms with Crippen molar-refractivity contribution in [1.82, 2.24) is 5.32 Å². The highest BCUT2D eigenvalue weighted by molar-refractivity contribution is 9.10. The molecule has 0 fully saturated rings. The van der Waals surface area contributed by atoms with Gasteiger partial charge in [-0.1, -0.05) is 34.1 Å². The molecule has 1 atom stereocenters. The summed E-state index contributed by atoms with van der Waals surface area (Å²) < 4.78 is 23.4. The van der Waals surface area contributed by atoms with Gasteiger partial charge in [-0.3, -0.25) is 0 Å². The van der Waals surface area contributed by atoms with Crippen molar-refractivity contribution in [2.24, 2.45) is 0 Å². The Hall–Kier alpha value is -0.390. The molecule has 1 aromatic rings. The zero-order valence-corrected chi connectivity index (χ0v) is 13.4. The van der Waals surface area contributed by atoms with Gasteiger partial charge in [0.25, 0.3) is 0 Å². The summed E-state index contributed by atoms with van der Waals surface area (Å²) >= 11 is 3.59. The molecule has 0 heterocycles. The zero-order chi connectivity index (χ0) is 13.8. The molecule has 0 aliphatic heterocycles. The van der Waals surface area contributed by atoms with Gasteiger partial charge in [0.05, 0.1) is 0 Å². The molecular weight excluding hydrogens is 314 g/mol. The molecule has 0 aliphatic carbocycles. The van der Waals surface area contributed by atoms with E-state index in [1.165, 1.54) is 17.4 Å². The maximum Gasteiger partial charge on any atom is 0.147 e. The van der Waals surface area contributed by atoms with Crippen LogP contribution in [0.1, 0.15) is 30.0 Å². The first kappa shape index (κ1) is 15.7. The average Bonchev–Trinajstić information content (AvgIpc) is 2.27. The predicted octanol–water partition coefficient (Wildman–Crippen LogP) is 2.84. The van der Waals surface area contributed by atoms with Gasteiger partial charge < -0.3 is 5.32 Å². The van der Waals surface area contributed by atoms with Gasteiger partial charge in [-0.2, -0.15) is 0 Å². The van der Waals surface area contributed by atoms with Gasteiger partial charge in [0, 0.05) is 22.5 Å². The molecule has 18 heavy (non-hydrogen) atoms. The second-order valence-corrected chi connectivity index (χ2v) is 7.64. The molecule has 102 valence electrons. The summed E-state index contributed by atoms with van der Waals surface area (Å²) in [7, 11) is -0.965. The molecule has 0 bridgehead atoms. The molecule has 0 amide bonds. The maximum absolute atomic E-state index is 11.1. The van der Waals surface area contributed by atoms with E-state index < -0.39 is 9.84 Å². The summed E-state index contributed by atoms with van der Waals surface area (Å²) in [5.41, 5.74) is 2.38. The van der Waals surface area contributed by atoms with Crippen molar-refractivity contribution >= 4 is 25.8 Å². The molecule has 1 unspecified atom stereocenters. The summed E-state index contributed by atoms with van der Waals surface area (Å²) in [4.78, 5) is 0. The zero-order valence-electron chi connectivity index (χ0n) is 11.0. The van der Waals surface area contributed by atoms with Crippen molar-refractivity contribution < 1.29 is 8.42 Å². The summed E-state index contributed by atoms with van der Waals surface area (Å²) in [5, 5.41) is 3.25. The number of halogens is 1. The van der Waals surface area contributed by atoms with Gasteiger partial charge in [0.1, 0.15) is 9.84 Å². The number of rotatable bonds is 6. The molecule has 0 aromatic heterocycles. The SMILES string of the molecule is CNC(CCCS(C)(=O)=O)c1cccc(C)c1Br. The Kier molecular flexibility index (Phi) is 5.82. The van der Waals surface area contributed by atoms with E-state index in [0.29, 0.717) is 6.42 Å². The highest BCUT2D eigenvalue weighted by atomic mass is 79.9. The van der Waals surface area contributed by atoms with Crippen molar-refractivity contribution in [2.45, 2.75) is 25.8 Å². The van der Waals surface area contributed by atoms with E-state index in [4.69, 9.17) is 0 Å². The van der Waals surface area contributed by atoms with Crippen LogP contribution in [0.3, 0.4) is 0 Å². The average molecular weight is 334 g/mol. The predicted molar refractivity (Wildman–Crippen MR) is 79.6 cm³/mol. The minimum absolute atomic E-state index is 0.182. The Labute approximate surface area is 118 Å². The van der Waals surface area contributed by atoms with Crippen molar-refractivity contribution in [3.8, 4) is 0 Å². The summed E-state index contributed by atoms with van der Waals surface area (Å²) in [5.74, 6) is 0.245. The van der Waals surface area contributed by atoms with Crippen LogP contribution < -0.4 is 5.32 Å². The Morgan fingerprint density at radius 3 is 2.61 bits per heavy atom. The van der Waals surface area contributed by atoms with E-state index in [1.54, 1.807) is 0 Å². The minimum Gasteiger partial charge on any atom is -0.313 e. The smallest absolute Gasteiger partial charge is 0.147 e. The number of benzene rings is 1. The molecular formula is C13H20BrNO2S. The van der Waals surface area contributed by atoms with Crippen molar-refractivity contribution in [3.63, 3.8) is 0 Å². The monoisotopic (exact) mass is 333 g/mol. The highest BCUT2D eigenvalue weighted by Gasteiger charge is 2.14. The van der Waals surface area contributed by atoms with Crippen LogP contribution in [0, 0.1) is 6.92 Å². The van der Waals surface area contributed by atoms with Gasteiger partial charge in [-0.25, -0.2) is 8.42 Å². The number of hydrogen-bond donors (Lipinski definition) is 1. The molecule has 1 rings (SSSR count). The van der Waals surface area contributed by atoms with Crippen LogP contribution in [-0.4, -0.2) is 27.5 Å². The fourth-order valence-electron chi connectivity index (χ4n) is 1.94. The van der Waals surface area contributed by atoms with Crippen LogP contribution in [0.5, 0.6) is 0 Å². The van der Waals surface area contributed by atoms with E-state index in [1.807, 2.05) is 13.1 Å². The van der Waals surface area contributed by atoms with Crippen LogP contribution in [0.15, 0.2) is 22.7 Å². The van der Waals surface area contributed by atoms with E-state index in [-0.39, 0.29) is 11.8 Å². The van der Waals surface area contributed by atoms with Gasteiger partial charge in [-0.15, -0.1) is 0 Å². The van der Waals surface area contributed by atoms with Crippen molar-refractivity contribution in [2.75, 3.05) is 19.1 Å². The van der Waals surface area contributed by atoms with Crippen LogP contribution in [0.2, 0.25) is 0 Å². The van der Waals surface area contributed by atoms with Crippen LogP contribution in [0.4, 0.5) is 0 Å². The maximum atomic E-state index is 11.1. The molecule has 0 aliphatic rings. The third-order valence-electron chi connectivity index (χ3n) is 2.95. The second-order valence-electron chi connectivity index (χ2n) is 4.59. The normalized spacial score (nSPS) is 13.6. The Balaban J connectivity index is 2.75. The van der Waals surface area contributed by atoms with E-state index in [9.17, 15) is 8.42 Å². The third kappa shape index (κ3) is 4.71. The number of hydrogen-bond acceptors (Lipinski definition) is 3. The Morgan fingerprint density at radius 1 is 1.39 bits per heavy atom. The molecule has 5 heteroatoms. The summed E-state index contributed by atoms with van der Waals surface area (Å²) in [6.07, 6.45) is 2.76. The van der Waals surface area contributed by atoms with E-state index >= 15 is 0 Å². The first-order valence-corrected chi connectivity index (χ1v) is 8.80. The summed E-state index contributed by atoms with van der Waals surface area (Å²) in [6, 6.07) is 6.33. The number of sulfone groups is 1. The van der Waals surface area contributed by atoms with Crippen LogP contribution in [0.25, 0.3) is 0 Å². The molecule has 0 saturated carbocycles. The Morgan fingerprint density at radius 2 is 2.06 bits per heavy atom. The summed E-state index contributed by atoms with van der Waals surface area (Å²) in [6.45, 7) is 2.05. The van der Waals surface area contributed by atoms with Crippen molar-refractivity contribution in [3.05, 3.63) is 33.8 Å². The molecule has 1 aromatic carbocycles. The lowest BCUT2D eigenvalue weighted by Gasteiger charge is -2.19. The number of aryl methyl sites for hydroxylation is 1. The standard InChI is InChI=1S/C13H20BrNO2S/c1-10-6-4-7-11(13(10)14)12(15-2)8-5-9-18(3,16)17/h4,6-7,12,15H,5,8-9H2,1-3H3. The van der Waals surface area contributed by atoms with Gasteiger partial charge in [0.2, 0.25) is 0 Å². The second kappa shape index (κ2) is 6.68. The largest absolute Gasteiger partial charge is 0.313 e. The first-order chi connectivity index (χ1) is 8.35. The van der Waals surface area contributed by atoms with Gasteiger partial charge in [-0.05, 0) is 37.9 Å². The first-order valence-electron chi connectivity index (χ1n) is 5.95. The molecule has 0 radical (unpaired) electrons. The van der Waals surface area contributed by atoms with Gasteiger partial charge >= 0.3 is 0 Å². The van der Waals surface area contributed by atoms with Crippen LogP contribution in [-0.2, 0) is 9.84 Å². The van der Waals surface area contributed by atoms with E-state index in [0.717, 1.165) is 10.9 Å². The lowest BCUT2D eigenvalue weighted by Crippen LogP contribution is -2.18. The minimum atomic E-state index is -2.87. The topological polar surface area (TPSA) is 46.2 Å². The van der Waals surface area contributed by atoms with E-state index in [2.05, 4.69) is 40.3 Å². The van der Waals surface area contributed by atoms with Gasteiger partial charge in [0.15, 0.2) is 0 Å². The van der Waals surface area contributed by atoms with Crippen molar-refractivity contribution in [1.29, 1.82) is 0 Å². The fourth-order valence-corrected chi connectivity index (χ4v) is 3.18. The molecule has 3 nitrogen and oxygen atoms in total. The fraction of sp³-hybridized carbons (Fsp3) is 0.538. The Bertz CT molecular complexity index is 500. The van der Waals surface area contributed by atoms with Crippen LogP contribution >= 0.6 is 15.9 Å². The lowest BCUT2D eigenvalue weighted by atomic mass is 10.0. The highest BCUT2D eigenvalue weighted by Crippen LogP contribution is 2.29. The number of nitrogens with one attached hydrogen (secondary N) is 1. The molecule has 0 saturated heterocycles. The quantitative estimate of drug-likeness (QED) is 0.870. The third-order valence-corrected chi connectivity index (χ3v) is 5.07. The lowest BCUT2D eigenvalue weighted by molar-refractivity contribution is 0.534. The molecule has 1 N–H and O–H groups in total.